The maximum Gasteiger partial charge on any atom is 0.274 e. The zero-order chi connectivity index (χ0) is 41.5. The number of rotatable bonds is 9. The Morgan fingerprint density at radius 2 is 1.75 bits per heavy atom. The lowest BCUT2D eigenvalue weighted by atomic mass is 9.58. The van der Waals surface area contributed by atoms with Crippen LogP contribution in [0.2, 0.25) is 0 Å². The van der Waals surface area contributed by atoms with Crippen molar-refractivity contribution in [1.29, 1.82) is 5.26 Å². The number of hydrogen-bond acceptors (Lipinski definition) is 12. The molecule has 9 rings (SSSR count). The lowest BCUT2D eigenvalue weighted by molar-refractivity contribution is 0.0519. The molecule has 1 spiro atoms. The predicted molar refractivity (Wildman–Crippen MR) is 228 cm³/mol. The second-order valence-electron chi connectivity index (χ2n) is 16.3. The van der Waals surface area contributed by atoms with Crippen molar-refractivity contribution >= 4 is 28.8 Å². The van der Waals surface area contributed by atoms with Gasteiger partial charge in [0, 0.05) is 98.1 Å². The molecule has 1 atom stereocenters. The summed E-state index contributed by atoms with van der Waals surface area (Å²) >= 11 is 1.77. The van der Waals surface area contributed by atoms with Crippen LogP contribution in [-0.4, -0.2) is 94.6 Å². The molecule has 3 fully saturated rings. The van der Waals surface area contributed by atoms with Crippen molar-refractivity contribution in [3.63, 3.8) is 0 Å². The van der Waals surface area contributed by atoms with Gasteiger partial charge in [0.25, 0.3) is 5.91 Å². The molecule has 5 aromatic rings. The SMILES string of the molecule is COCCC1N=C(c2ccc(C#CC3CC4(C3)CN(c3ccc(C(=O)N5CCC(Oc6ccc(C#N)c(OC)c6)CC5)nn3)C4)cc2)c2c(sc(C)c2C)-n2c(C)nnc21. The lowest BCUT2D eigenvalue weighted by Gasteiger charge is -2.58. The molecule has 2 aromatic carbocycles. The first-order chi connectivity index (χ1) is 29.2. The minimum atomic E-state index is -0.168. The summed E-state index contributed by atoms with van der Waals surface area (Å²) in [6.07, 6.45) is 4.22. The molecule has 14 heteroatoms. The normalized spacial score (nSPS) is 18.2. The third kappa shape index (κ3) is 7.39. The number of amides is 1. The second-order valence-corrected chi connectivity index (χ2v) is 17.6. The second kappa shape index (κ2) is 16.2. The topological polar surface area (TPSA) is 144 Å². The molecule has 0 bridgehead atoms. The molecule has 1 unspecified atom stereocenters. The first-order valence-electron chi connectivity index (χ1n) is 20.5. The number of likely N-dealkylation sites (tertiary alicyclic amines) is 1. The Morgan fingerprint density at radius 3 is 2.45 bits per heavy atom. The zero-order valence-electron chi connectivity index (χ0n) is 34.6. The number of hydrogen-bond donors (Lipinski definition) is 0. The summed E-state index contributed by atoms with van der Waals surface area (Å²) in [4.78, 5) is 23.9. The standard InChI is InChI=1S/C46H47N9O4S/c1-28-29(2)60-45-41(28)42(48-37(18-21-57-4)43-52-49-30(3)55(43)45)33-10-8-31(9-11-33)6-7-32-23-46(24-32)26-54(27-46)40-15-14-38(50-51-40)44(56)53-19-16-35(17-20-53)59-36-13-12-34(25-47)39(22-36)58-5/h8-15,22,32,35,37H,16-21,23-24,26-27H2,1-5H3. The van der Waals surface area contributed by atoms with Crippen molar-refractivity contribution in [3.05, 3.63) is 105 Å². The highest BCUT2D eigenvalue weighted by molar-refractivity contribution is 7.15. The third-order valence-electron chi connectivity index (χ3n) is 12.3. The molecule has 3 aromatic heterocycles. The number of fused-ring (bicyclic) bond motifs is 3. The van der Waals surface area contributed by atoms with Crippen LogP contribution in [0.4, 0.5) is 5.82 Å². The number of aliphatic imine (C=N–C) groups is 1. The zero-order valence-corrected chi connectivity index (χ0v) is 35.4. The van der Waals surface area contributed by atoms with Gasteiger partial charge in [-0.05, 0) is 75.6 Å². The van der Waals surface area contributed by atoms with Crippen LogP contribution in [0, 0.1) is 55.3 Å². The fourth-order valence-corrected chi connectivity index (χ4v) is 10.2. The molecule has 1 saturated carbocycles. The van der Waals surface area contributed by atoms with E-state index in [0.29, 0.717) is 67.6 Å². The molecule has 6 heterocycles. The van der Waals surface area contributed by atoms with Crippen molar-refractivity contribution in [2.75, 3.05) is 51.9 Å². The van der Waals surface area contributed by atoms with Gasteiger partial charge in [-0.2, -0.15) is 5.26 Å². The van der Waals surface area contributed by atoms with E-state index in [1.807, 2.05) is 17.9 Å². The number of nitrogens with zero attached hydrogens (tertiary/aromatic N) is 9. The van der Waals surface area contributed by atoms with Gasteiger partial charge >= 0.3 is 0 Å². The van der Waals surface area contributed by atoms with Crippen molar-refractivity contribution in [2.45, 2.75) is 65.0 Å². The predicted octanol–water partition coefficient (Wildman–Crippen LogP) is 6.80. The van der Waals surface area contributed by atoms with E-state index in [4.69, 9.17) is 19.2 Å². The summed E-state index contributed by atoms with van der Waals surface area (Å²) in [5, 5.41) is 28.2. The maximum atomic E-state index is 13.3. The fourth-order valence-electron chi connectivity index (χ4n) is 8.96. The number of carbonyl (C=O) groups excluding carboxylic acids is 1. The van der Waals surface area contributed by atoms with Gasteiger partial charge in [-0.15, -0.1) is 31.7 Å². The molecule has 13 nitrogen and oxygen atoms in total. The van der Waals surface area contributed by atoms with Gasteiger partial charge in [0.2, 0.25) is 0 Å². The lowest BCUT2D eigenvalue weighted by Crippen LogP contribution is -2.62. The minimum Gasteiger partial charge on any atom is -0.495 e. The summed E-state index contributed by atoms with van der Waals surface area (Å²) < 4.78 is 19.1. The van der Waals surface area contributed by atoms with Crippen LogP contribution in [0.15, 0.2) is 59.6 Å². The van der Waals surface area contributed by atoms with Crippen LogP contribution in [0.3, 0.4) is 0 Å². The van der Waals surface area contributed by atoms with E-state index in [2.05, 4.69) is 85.9 Å². The average Bonchev–Trinajstić information content (AvgIpc) is 3.72. The quantitative estimate of drug-likeness (QED) is 0.146. The molecule has 60 heavy (non-hydrogen) atoms. The number of aromatic nitrogens is 5. The molecule has 4 aliphatic rings. The van der Waals surface area contributed by atoms with E-state index in [1.54, 1.807) is 42.7 Å². The van der Waals surface area contributed by atoms with E-state index in [9.17, 15) is 10.1 Å². The maximum absolute atomic E-state index is 13.3. The first kappa shape index (κ1) is 39.4. The van der Waals surface area contributed by atoms with Crippen molar-refractivity contribution < 1.29 is 19.0 Å². The van der Waals surface area contributed by atoms with Gasteiger partial charge in [0.15, 0.2) is 17.3 Å². The number of piperidine rings is 1. The smallest absolute Gasteiger partial charge is 0.274 e. The number of nitriles is 1. The van der Waals surface area contributed by atoms with E-state index in [0.717, 1.165) is 70.8 Å². The van der Waals surface area contributed by atoms with Gasteiger partial charge in [-0.3, -0.25) is 14.4 Å². The Balaban J connectivity index is 0.773. The molecule has 1 aliphatic carbocycles. The van der Waals surface area contributed by atoms with E-state index >= 15 is 0 Å². The van der Waals surface area contributed by atoms with E-state index in [-0.39, 0.29) is 23.5 Å². The molecule has 3 aliphatic heterocycles. The first-order valence-corrected chi connectivity index (χ1v) is 21.3. The molecular weight excluding hydrogens is 775 g/mol. The summed E-state index contributed by atoms with van der Waals surface area (Å²) in [5.74, 6) is 10.9. The molecule has 306 valence electrons. The molecule has 2 saturated heterocycles. The van der Waals surface area contributed by atoms with Crippen LogP contribution in [0.25, 0.3) is 5.00 Å². The third-order valence-corrected chi connectivity index (χ3v) is 13.5. The van der Waals surface area contributed by atoms with Crippen molar-refractivity contribution in [3.8, 4) is 34.4 Å². The van der Waals surface area contributed by atoms with E-state index in [1.165, 1.54) is 17.6 Å². The fraction of sp³-hybridized carbons (Fsp3) is 0.413. The van der Waals surface area contributed by atoms with Gasteiger partial charge in [0.05, 0.1) is 18.4 Å². The highest BCUT2D eigenvalue weighted by Crippen LogP contribution is 2.52. The highest BCUT2D eigenvalue weighted by atomic mass is 32.1. The Labute approximate surface area is 354 Å². The van der Waals surface area contributed by atoms with Crippen LogP contribution in [0.1, 0.15) is 93.0 Å². The monoisotopic (exact) mass is 821 g/mol. The number of anilines is 1. The number of ether oxygens (including phenoxy) is 3. The van der Waals surface area contributed by atoms with Gasteiger partial charge in [0.1, 0.15) is 40.5 Å². The number of carbonyl (C=O) groups is 1. The summed E-state index contributed by atoms with van der Waals surface area (Å²) in [5.41, 5.74) is 6.50. The summed E-state index contributed by atoms with van der Waals surface area (Å²) in [6, 6.07) is 19.4. The molecular formula is C46H47N9O4S. The largest absolute Gasteiger partial charge is 0.495 e. The van der Waals surface area contributed by atoms with Crippen LogP contribution < -0.4 is 14.4 Å². The Kier molecular flexibility index (Phi) is 10.6. The number of aryl methyl sites for hydroxylation is 2. The molecule has 1 amide bonds. The van der Waals surface area contributed by atoms with Gasteiger partial charge < -0.3 is 24.0 Å². The van der Waals surface area contributed by atoms with Crippen LogP contribution in [0.5, 0.6) is 11.5 Å². The van der Waals surface area contributed by atoms with Crippen molar-refractivity contribution in [2.24, 2.45) is 16.3 Å². The Morgan fingerprint density at radius 1 is 0.967 bits per heavy atom. The Hall–Kier alpha value is -6.09. The Bertz CT molecular complexity index is 2560. The van der Waals surface area contributed by atoms with E-state index < -0.39 is 0 Å². The number of methoxy groups -OCH3 is 2. The van der Waals surface area contributed by atoms with Crippen LogP contribution in [-0.2, 0) is 4.74 Å². The van der Waals surface area contributed by atoms with Gasteiger partial charge in [-0.1, -0.05) is 24.0 Å². The average molecular weight is 822 g/mol. The molecule has 0 N–H and O–H groups in total. The summed E-state index contributed by atoms with van der Waals surface area (Å²) in [7, 11) is 3.25. The highest BCUT2D eigenvalue weighted by Gasteiger charge is 2.52. The van der Waals surface area contributed by atoms with Crippen LogP contribution >= 0.6 is 11.3 Å². The minimum absolute atomic E-state index is 0.0319. The molecule has 0 radical (unpaired) electrons. The van der Waals surface area contributed by atoms with Gasteiger partial charge in [-0.25, -0.2) is 0 Å². The number of benzene rings is 2. The number of thiophene rings is 1. The summed E-state index contributed by atoms with van der Waals surface area (Å²) in [6.45, 7) is 9.91. The van der Waals surface area contributed by atoms with Crippen molar-refractivity contribution in [1.82, 2.24) is 29.9 Å².